The molecule has 0 aromatic carbocycles. The summed E-state index contributed by atoms with van der Waals surface area (Å²) in [7, 11) is 3.60. The number of carbonyl (C=O) groups is 1. The molecule has 0 aliphatic heterocycles. The van der Waals surface area contributed by atoms with Gasteiger partial charge in [0.15, 0.2) is 5.82 Å². The van der Waals surface area contributed by atoms with E-state index in [9.17, 15) is 4.79 Å². The van der Waals surface area contributed by atoms with E-state index < -0.39 is 6.04 Å². The van der Waals surface area contributed by atoms with Crippen molar-refractivity contribution in [2.24, 2.45) is 7.05 Å². The Labute approximate surface area is 142 Å². The van der Waals surface area contributed by atoms with Crippen LogP contribution in [0.2, 0.25) is 0 Å². The second-order valence-corrected chi connectivity index (χ2v) is 6.56. The Morgan fingerprint density at radius 2 is 2.08 bits per heavy atom. The third-order valence-corrected chi connectivity index (χ3v) is 4.75. The molecule has 0 spiro atoms. The van der Waals surface area contributed by atoms with Crippen molar-refractivity contribution in [3.8, 4) is 0 Å². The molecule has 1 unspecified atom stereocenters. The topological polar surface area (TPSA) is 87.6 Å². The molecular formula is C17H26N6O. The van der Waals surface area contributed by atoms with Crippen LogP contribution in [0.1, 0.15) is 61.7 Å². The van der Waals surface area contributed by atoms with Crippen molar-refractivity contribution >= 4 is 11.7 Å². The highest BCUT2D eigenvalue weighted by molar-refractivity contribution is 5.94. The maximum Gasteiger partial charge on any atom is 0.247 e. The fourth-order valence-electron chi connectivity index (χ4n) is 3.44. The number of rotatable bonds is 5. The van der Waals surface area contributed by atoms with E-state index in [4.69, 9.17) is 0 Å². The smallest absolute Gasteiger partial charge is 0.247 e. The van der Waals surface area contributed by atoms with Crippen molar-refractivity contribution in [3.63, 3.8) is 0 Å². The summed E-state index contributed by atoms with van der Waals surface area (Å²) in [6.07, 6.45) is 11.1. The van der Waals surface area contributed by atoms with Crippen LogP contribution in [-0.2, 0) is 11.8 Å². The monoisotopic (exact) mass is 330 g/mol. The third-order valence-electron chi connectivity index (χ3n) is 4.75. The number of nitrogens with one attached hydrogen (secondary N) is 3. The van der Waals surface area contributed by atoms with Crippen LogP contribution in [0, 0.1) is 0 Å². The summed E-state index contributed by atoms with van der Waals surface area (Å²) < 4.78 is 1.69. The SMILES string of the molecule is CNC(C(=O)Nc1cc(C2CCCCCC2)[nH]n1)c1cnn(C)c1. The van der Waals surface area contributed by atoms with E-state index in [1.807, 2.05) is 19.3 Å². The van der Waals surface area contributed by atoms with Gasteiger partial charge in [-0.25, -0.2) is 0 Å². The summed E-state index contributed by atoms with van der Waals surface area (Å²) in [6.45, 7) is 0. The van der Waals surface area contributed by atoms with E-state index in [1.54, 1.807) is 17.9 Å². The maximum atomic E-state index is 12.5. The van der Waals surface area contributed by atoms with E-state index in [0.717, 1.165) is 11.3 Å². The number of hydrogen-bond acceptors (Lipinski definition) is 4. The molecule has 130 valence electrons. The number of hydrogen-bond donors (Lipinski definition) is 3. The molecule has 2 aromatic heterocycles. The van der Waals surface area contributed by atoms with Crippen molar-refractivity contribution in [2.75, 3.05) is 12.4 Å². The van der Waals surface area contributed by atoms with Gasteiger partial charge in [-0.2, -0.15) is 10.2 Å². The van der Waals surface area contributed by atoms with Gasteiger partial charge < -0.3 is 10.6 Å². The summed E-state index contributed by atoms with van der Waals surface area (Å²) >= 11 is 0. The van der Waals surface area contributed by atoms with Gasteiger partial charge in [0.05, 0.1) is 6.20 Å². The number of aromatic amines is 1. The average molecular weight is 330 g/mol. The number of anilines is 1. The molecule has 1 amide bonds. The molecule has 1 aliphatic carbocycles. The van der Waals surface area contributed by atoms with Gasteiger partial charge in [0.2, 0.25) is 5.91 Å². The van der Waals surface area contributed by atoms with Gasteiger partial charge in [0.1, 0.15) is 6.04 Å². The lowest BCUT2D eigenvalue weighted by Crippen LogP contribution is -2.30. The summed E-state index contributed by atoms with van der Waals surface area (Å²) in [5, 5.41) is 17.4. The highest BCUT2D eigenvalue weighted by atomic mass is 16.2. The molecule has 0 radical (unpaired) electrons. The van der Waals surface area contributed by atoms with Gasteiger partial charge in [-0.1, -0.05) is 25.7 Å². The molecule has 0 bridgehead atoms. The molecule has 24 heavy (non-hydrogen) atoms. The van der Waals surface area contributed by atoms with E-state index in [1.165, 1.54) is 38.5 Å². The molecule has 3 N–H and O–H groups in total. The number of likely N-dealkylation sites (N-methyl/N-ethyl adjacent to an activating group) is 1. The minimum atomic E-state index is -0.447. The lowest BCUT2D eigenvalue weighted by molar-refractivity contribution is -0.118. The Morgan fingerprint density at radius 3 is 2.71 bits per heavy atom. The minimum absolute atomic E-state index is 0.135. The third kappa shape index (κ3) is 3.84. The van der Waals surface area contributed by atoms with E-state index in [-0.39, 0.29) is 5.91 Å². The Kier molecular flexibility index (Phi) is 5.30. The molecule has 2 aromatic rings. The van der Waals surface area contributed by atoms with Crippen LogP contribution in [0.4, 0.5) is 5.82 Å². The highest BCUT2D eigenvalue weighted by Crippen LogP contribution is 2.31. The van der Waals surface area contributed by atoms with Crippen LogP contribution in [0.15, 0.2) is 18.5 Å². The van der Waals surface area contributed by atoms with E-state index >= 15 is 0 Å². The maximum absolute atomic E-state index is 12.5. The second kappa shape index (κ2) is 7.61. The van der Waals surface area contributed by atoms with Crippen molar-refractivity contribution < 1.29 is 4.79 Å². The average Bonchev–Trinajstić information content (AvgIpc) is 3.10. The second-order valence-electron chi connectivity index (χ2n) is 6.56. The van der Waals surface area contributed by atoms with E-state index in [2.05, 4.69) is 25.9 Å². The number of aryl methyl sites for hydroxylation is 1. The molecule has 3 rings (SSSR count). The Hall–Kier alpha value is -2.15. The molecule has 1 atom stereocenters. The van der Waals surface area contributed by atoms with Gasteiger partial charge in [-0.05, 0) is 19.9 Å². The molecule has 1 aliphatic rings. The fraction of sp³-hybridized carbons (Fsp3) is 0.588. The van der Waals surface area contributed by atoms with Crippen LogP contribution in [-0.4, -0.2) is 32.9 Å². The van der Waals surface area contributed by atoms with Crippen LogP contribution in [0.3, 0.4) is 0 Å². The quantitative estimate of drug-likeness (QED) is 0.735. The van der Waals surface area contributed by atoms with Gasteiger partial charge in [-0.3, -0.25) is 14.6 Å². The molecule has 7 nitrogen and oxygen atoms in total. The van der Waals surface area contributed by atoms with Crippen LogP contribution in [0.25, 0.3) is 0 Å². The summed E-state index contributed by atoms with van der Waals surface area (Å²) in [5.74, 6) is 0.983. The van der Waals surface area contributed by atoms with Crippen LogP contribution in [0.5, 0.6) is 0 Å². The highest BCUT2D eigenvalue weighted by Gasteiger charge is 2.22. The number of H-pyrrole nitrogens is 1. The summed E-state index contributed by atoms with van der Waals surface area (Å²) in [5.41, 5.74) is 1.96. The molecular weight excluding hydrogens is 304 g/mol. The number of carbonyl (C=O) groups excluding carboxylic acids is 1. The van der Waals surface area contributed by atoms with Gasteiger partial charge in [0, 0.05) is 36.5 Å². The first-order chi connectivity index (χ1) is 11.7. The van der Waals surface area contributed by atoms with Gasteiger partial charge >= 0.3 is 0 Å². The first kappa shape index (κ1) is 16.7. The predicted molar refractivity (Wildman–Crippen MR) is 92.7 cm³/mol. The van der Waals surface area contributed by atoms with Gasteiger partial charge in [0.25, 0.3) is 0 Å². The minimum Gasteiger partial charge on any atom is -0.308 e. The number of aromatic nitrogens is 4. The molecule has 2 heterocycles. The van der Waals surface area contributed by atoms with Crippen molar-refractivity contribution in [1.82, 2.24) is 25.3 Å². The van der Waals surface area contributed by atoms with Crippen molar-refractivity contribution in [1.29, 1.82) is 0 Å². The zero-order chi connectivity index (χ0) is 16.9. The predicted octanol–water partition coefficient (Wildman–Crippen LogP) is 2.48. The van der Waals surface area contributed by atoms with Crippen molar-refractivity contribution in [3.05, 3.63) is 29.7 Å². The molecule has 1 fully saturated rings. The lowest BCUT2D eigenvalue weighted by Gasteiger charge is -2.13. The first-order valence-electron chi connectivity index (χ1n) is 8.69. The Balaban J connectivity index is 1.65. The van der Waals surface area contributed by atoms with Crippen LogP contribution >= 0.6 is 0 Å². The zero-order valence-electron chi connectivity index (χ0n) is 14.4. The number of nitrogens with zero attached hydrogens (tertiary/aromatic N) is 3. The Morgan fingerprint density at radius 1 is 1.33 bits per heavy atom. The largest absolute Gasteiger partial charge is 0.308 e. The van der Waals surface area contributed by atoms with Crippen LogP contribution < -0.4 is 10.6 Å². The molecule has 7 heteroatoms. The Bertz CT molecular complexity index is 668. The van der Waals surface area contributed by atoms with E-state index in [0.29, 0.717) is 11.7 Å². The normalized spacial score (nSPS) is 17.4. The summed E-state index contributed by atoms with van der Waals surface area (Å²) in [6, 6.07) is 1.53. The molecule has 0 saturated heterocycles. The fourth-order valence-corrected chi connectivity index (χ4v) is 3.44. The molecule has 1 saturated carbocycles. The standard InChI is InChI=1S/C17H26N6O/c1-18-16(13-10-19-23(2)11-13)17(24)20-15-9-14(21-22-15)12-7-5-3-4-6-8-12/h9-12,16,18H,3-8H2,1-2H3,(H2,20,21,22,24). The zero-order valence-corrected chi connectivity index (χ0v) is 14.4. The first-order valence-corrected chi connectivity index (χ1v) is 8.69. The number of amides is 1. The van der Waals surface area contributed by atoms with Gasteiger partial charge in [-0.15, -0.1) is 0 Å². The summed E-state index contributed by atoms with van der Waals surface area (Å²) in [4.78, 5) is 12.5. The van der Waals surface area contributed by atoms with Crippen molar-refractivity contribution in [2.45, 2.75) is 50.5 Å². The lowest BCUT2D eigenvalue weighted by atomic mass is 9.97.